The Bertz CT molecular complexity index is 352. The van der Waals surface area contributed by atoms with E-state index < -0.39 is 11.6 Å². The van der Waals surface area contributed by atoms with Crippen molar-refractivity contribution in [2.24, 2.45) is 5.92 Å². The normalized spacial score (nSPS) is 19.0. The number of hydrogen-bond donors (Lipinski definition) is 1. The first kappa shape index (κ1) is 12.3. The molecule has 1 aromatic carbocycles. The lowest BCUT2D eigenvalue weighted by Crippen LogP contribution is -2.27. The fourth-order valence-electron chi connectivity index (χ4n) is 2.65. The zero-order valence-electron chi connectivity index (χ0n) is 10.2. The van der Waals surface area contributed by atoms with Crippen molar-refractivity contribution in [1.82, 2.24) is 0 Å². The third kappa shape index (κ3) is 3.42. The highest BCUT2D eigenvalue weighted by Gasteiger charge is 2.20. The standard InChI is InChI=1S/C14H19F2N/c1-10(11-5-3-2-4-6-11)17-14-8-12(15)7-13(16)9-14/h7-11,17H,2-6H2,1H3. The van der Waals surface area contributed by atoms with Crippen molar-refractivity contribution >= 4 is 5.69 Å². The maximum absolute atomic E-state index is 13.0. The predicted molar refractivity (Wildman–Crippen MR) is 66.0 cm³/mol. The Labute approximate surface area is 101 Å². The summed E-state index contributed by atoms with van der Waals surface area (Å²) in [5, 5.41) is 3.21. The molecule has 1 aliphatic rings. The molecule has 0 aliphatic heterocycles. The van der Waals surface area contributed by atoms with Crippen LogP contribution in [-0.2, 0) is 0 Å². The zero-order chi connectivity index (χ0) is 12.3. The Morgan fingerprint density at radius 1 is 1.06 bits per heavy atom. The molecule has 0 heterocycles. The second-order valence-corrected chi connectivity index (χ2v) is 4.99. The average Bonchev–Trinajstić information content (AvgIpc) is 2.28. The number of hydrogen-bond acceptors (Lipinski definition) is 1. The van der Waals surface area contributed by atoms with Crippen LogP contribution in [-0.4, -0.2) is 6.04 Å². The van der Waals surface area contributed by atoms with Gasteiger partial charge in [0.05, 0.1) is 0 Å². The molecule has 1 unspecified atom stereocenters. The van der Waals surface area contributed by atoms with Crippen LogP contribution in [0.5, 0.6) is 0 Å². The molecule has 1 saturated carbocycles. The predicted octanol–water partition coefficient (Wildman–Crippen LogP) is 4.35. The van der Waals surface area contributed by atoms with E-state index in [1.165, 1.54) is 44.2 Å². The molecule has 2 rings (SSSR count). The Morgan fingerprint density at radius 3 is 2.24 bits per heavy atom. The summed E-state index contributed by atoms with van der Waals surface area (Å²) >= 11 is 0. The van der Waals surface area contributed by atoms with E-state index in [0.717, 1.165) is 6.07 Å². The fraction of sp³-hybridized carbons (Fsp3) is 0.571. The molecule has 17 heavy (non-hydrogen) atoms. The van der Waals surface area contributed by atoms with Gasteiger partial charge in [-0.05, 0) is 37.8 Å². The number of halogens is 2. The van der Waals surface area contributed by atoms with E-state index in [9.17, 15) is 8.78 Å². The molecule has 1 nitrogen and oxygen atoms in total. The molecular weight excluding hydrogens is 220 g/mol. The smallest absolute Gasteiger partial charge is 0.128 e. The van der Waals surface area contributed by atoms with Gasteiger partial charge >= 0.3 is 0 Å². The summed E-state index contributed by atoms with van der Waals surface area (Å²) in [6.45, 7) is 2.10. The third-order valence-electron chi connectivity index (χ3n) is 3.61. The average molecular weight is 239 g/mol. The minimum Gasteiger partial charge on any atom is -0.382 e. The minimum absolute atomic E-state index is 0.275. The van der Waals surface area contributed by atoms with Crippen LogP contribution in [0.2, 0.25) is 0 Å². The first-order valence-electron chi connectivity index (χ1n) is 6.38. The van der Waals surface area contributed by atoms with Gasteiger partial charge < -0.3 is 5.32 Å². The zero-order valence-corrected chi connectivity index (χ0v) is 10.2. The van der Waals surface area contributed by atoms with Crippen LogP contribution in [0.25, 0.3) is 0 Å². The summed E-state index contributed by atoms with van der Waals surface area (Å²) in [5.74, 6) is -0.429. The van der Waals surface area contributed by atoms with Gasteiger partial charge in [-0.1, -0.05) is 19.3 Å². The van der Waals surface area contributed by atoms with Crippen LogP contribution in [0.3, 0.4) is 0 Å². The molecule has 0 aromatic heterocycles. The van der Waals surface area contributed by atoms with Gasteiger partial charge in [0.15, 0.2) is 0 Å². The van der Waals surface area contributed by atoms with Gasteiger partial charge in [0, 0.05) is 17.8 Å². The van der Waals surface area contributed by atoms with Gasteiger partial charge in [0.1, 0.15) is 11.6 Å². The van der Waals surface area contributed by atoms with Crippen molar-refractivity contribution in [3.05, 3.63) is 29.8 Å². The highest BCUT2D eigenvalue weighted by molar-refractivity contribution is 5.44. The van der Waals surface area contributed by atoms with E-state index >= 15 is 0 Å². The quantitative estimate of drug-likeness (QED) is 0.827. The molecule has 0 amide bonds. The molecule has 3 heteroatoms. The summed E-state index contributed by atoms with van der Waals surface area (Å²) in [7, 11) is 0. The van der Waals surface area contributed by atoms with Crippen molar-refractivity contribution in [1.29, 1.82) is 0 Å². The molecule has 0 radical (unpaired) electrons. The van der Waals surface area contributed by atoms with E-state index in [4.69, 9.17) is 0 Å². The Hall–Kier alpha value is -1.12. The maximum Gasteiger partial charge on any atom is 0.128 e. The lowest BCUT2D eigenvalue weighted by Gasteiger charge is -2.29. The van der Waals surface area contributed by atoms with Crippen LogP contribution < -0.4 is 5.32 Å². The Morgan fingerprint density at radius 2 is 1.65 bits per heavy atom. The summed E-state index contributed by atoms with van der Waals surface area (Å²) < 4.78 is 26.1. The first-order valence-corrected chi connectivity index (χ1v) is 6.38. The largest absolute Gasteiger partial charge is 0.382 e. The number of rotatable bonds is 3. The first-order chi connectivity index (χ1) is 8.15. The van der Waals surface area contributed by atoms with Crippen molar-refractivity contribution in [2.75, 3.05) is 5.32 Å². The van der Waals surface area contributed by atoms with Crippen LogP contribution in [0, 0.1) is 17.6 Å². The van der Waals surface area contributed by atoms with E-state index in [0.29, 0.717) is 11.6 Å². The summed E-state index contributed by atoms with van der Waals surface area (Å²) in [6, 6.07) is 3.87. The Balaban J connectivity index is 1.99. The topological polar surface area (TPSA) is 12.0 Å². The van der Waals surface area contributed by atoms with Crippen molar-refractivity contribution in [3.63, 3.8) is 0 Å². The molecule has 0 saturated heterocycles. The molecule has 0 bridgehead atoms. The van der Waals surface area contributed by atoms with Gasteiger partial charge in [-0.25, -0.2) is 8.78 Å². The summed E-state index contributed by atoms with van der Waals surface area (Å²) in [5.41, 5.74) is 0.542. The highest BCUT2D eigenvalue weighted by Crippen LogP contribution is 2.28. The molecule has 1 aromatic rings. The third-order valence-corrected chi connectivity index (χ3v) is 3.61. The van der Waals surface area contributed by atoms with E-state index in [-0.39, 0.29) is 6.04 Å². The summed E-state index contributed by atoms with van der Waals surface area (Å²) in [4.78, 5) is 0. The molecular formula is C14H19F2N. The van der Waals surface area contributed by atoms with Crippen LogP contribution in [0.15, 0.2) is 18.2 Å². The van der Waals surface area contributed by atoms with Crippen LogP contribution in [0.1, 0.15) is 39.0 Å². The minimum atomic E-state index is -0.525. The SMILES string of the molecule is CC(Nc1cc(F)cc(F)c1)C1CCCCC1. The number of benzene rings is 1. The fourth-order valence-corrected chi connectivity index (χ4v) is 2.65. The maximum atomic E-state index is 13.0. The molecule has 1 fully saturated rings. The van der Waals surface area contributed by atoms with E-state index in [1.807, 2.05) is 0 Å². The molecule has 1 atom stereocenters. The van der Waals surface area contributed by atoms with Gasteiger partial charge in [-0.2, -0.15) is 0 Å². The Kier molecular flexibility index (Phi) is 3.97. The van der Waals surface area contributed by atoms with E-state index in [2.05, 4.69) is 12.2 Å². The monoisotopic (exact) mass is 239 g/mol. The molecule has 0 spiro atoms. The van der Waals surface area contributed by atoms with Crippen LogP contribution in [0.4, 0.5) is 14.5 Å². The molecule has 1 N–H and O–H groups in total. The second-order valence-electron chi connectivity index (χ2n) is 4.99. The highest BCUT2D eigenvalue weighted by atomic mass is 19.1. The van der Waals surface area contributed by atoms with Gasteiger partial charge in [0.2, 0.25) is 0 Å². The second kappa shape index (κ2) is 5.48. The van der Waals surface area contributed by atoms with Crippen molar-refractivity contribution < 1.29 is 8.78 Å². The lowest BCUT2D eigenvalue weighted by molar-refractivity contribution is 0.328. The number of nitrogens with one attached hydrogen (secondary N) is 1. The van der Waals surface area contributed by atoms with Crippen LogP contribution >= 0.6 is 0 Å². The van der Waals surface area contributed by atoms with Crippen molar-refractivity contribution in [3.8, 4) is 0 Å². The van der Waals surface area contributed by atoms with Gasteiger partial charge in [0.25, 0.3) is 0 Å². The van der Waals surface area contributed by atoms with Gasteiger partial charge in [-0.3, -0.25) is 0 Å². The molecule has 94 valence electrons. The van der Waals surface area contributed by atoms with Gasteiger partial charge in [-0.15, -0.1) is 0 Å². The van der Waals surface area contributed by atoms with Crippen molar-refractivity contribution in [2.45, 2.75) is 45.1 Å². The number of anilines is 1. The summed E-state index contributed by atoms with van der Waals surface area (Å²) in [6.07, 6.45) is 6.29. The molecule has 1 aliphatic carbocycles. The van der Waals surface area contributed by atoms with E-state index in [1.54, 1.807) is 0 Å². The lowest BCUT2D eigenvalue weighted by atomic mass is 9.84.